The van der Waals surface area contributed by atoms with Crippen LogP contribution in [0.1, 0.15) is 17.5 Å². The molecule has 0 fully saturated rings. The van der Waals surface area contributed by atoms with Gasteiger partial charge in [-0.3, -0.25) is 9.29 Å². The molecule has 0 unspecified atom stereocenters. The molecule has 1 aliphatic heterocycles. The molecule has 0 amide bonds. The van der Waals surface area contributed by atoms with Gasteiger partial charge >= 0.3 is 0 Å². The van der Waals surface area contributed by atoms with Gasteiger partial charge in [-0.25, -0.2) is 8.42 Å². The van der Waals surface area contributed by atoms with Crippen molar-refractivity contribution in [1.82, 2.24) is 4.98 Å². The van der Waals surface area contributed by atoms with E-state index in [-0.39, 0.29) is 0 Å². The Morgan fingerprint density at radius 3 is 2.27 bits per heavy atom. The summed E-state index contributed by atoms with van der Waals surface area (Å²) in [5.41, 5.74) is 4.95. The molecule has 0 bridgehead atoms. The first-order valence-electron chi connectivity index (χ1n) is 10.4. The van der Waals surface area contributed by atoms with E-state index in [1.807, 2.05) is 37.3 Å². The predicted molar refractivity (Wildman–Crippen MR) is 127 cm³/mol. The minimum absolute atomic E-state index is 0.342. The average Bonchev–Trinajstić information content (AvgIpc) is 2.72. The van der Waals surface area contributed by atoms with Crippen LogP contribution in [0.3, 0.4) is 0 Å². The second-order valence-electron chi connectivity index (χ2n) is 8.97. The standard InChI is InChI=1S/C24H28N2O2SSi/c1-18-12-14-21(15-13-18)29(27,28)26-16-8-11-20-17-22(19-9-6-5-7-10-19)25-24(23(20)26)30(2,3)4/h5-7,9-10,12-15,17H,8,11,16H2,1-4H3. The Bertz CT molecular complexity index is 1170. The molecule has 0 radical (unpaired) electrons. The third-order valence-corrected chi connectivity index (χ3v) is 9.10. The van der Waals surface area contributed by atoms with Crippen LogP contribution in [0.25, 0.3) is 11.3 Å². The summed E-state index contributed by atoms with van der Waals surface area (Å²) in [6.45, 7) is 9.15. The first-order valence-corrected chi connectivity index (χ1v) is 15.3. The molecule has 2 aromatic carbocycles. The van der Waals surface area contributed by atoms with Crippen LogP contribution in [-0.2, 0) is 16.4 Å². The molecule has 3 aromatic rings. The Balaban J connectivity index is 1.92. The number of fused-ring (bicyclic) bond motifs is 1. The highest BCUT2D eigenvalue weighted by molar-refractivity contribution is 7.92. The van der Waals surface area contributed by atoms with Gasteiger partial charge in [-0.1, -0.05) is 67.7 Å². The molecule has 30 heavy (non-hydrogen) atoms. The normalized spacial score (nSPS) is 14.5. The molecule has 0 saturated heterocycles. The highest BCUT2D eigenvalue weighted by Gasteiger charge is 2.36. The summed E-state index contributed by atoms with van der Waals surface area (Å²) in [4.78, 5) is 5.40. The fourth-order valence-corrected chi connectivity index (χ4v) is 7.03. The van der Waals surface area contributed by atoms with Crippen molar-refractivity contribution >= 4 is 29.1 Å². The van der Waals surface area contributed by atoms with Crippen LogP contribution in [0.5, 0.6) is 0 Å². The van der Waals surface area contributed by atoms with Crippen molar-refractivity contribution in [3.63, 3.8) is 0 Å². The highest BCUT2D eigenvalue weighted by atomic mass is 32.2. The van der Waals surface area contributed by atoms with Crippen molar-refractivity contribution in [3.05, 3.63) is 71.8 Å². The number of hydrogen-bond donors (Lipinski definition) is 0. The van der Waals surface area contributed by atoms with Crippen LogP contribution in [0.15, 0.2) is 65.6 Å². The summed E-state index contributed by atoms with van der Waals surface area (Å²) in [7, 11) is -5.56. The largest absolute Gasteiger partial charge is 0.265 e. The predicted octanol–water partition coefficient (Wildman–Crippen LogP) is 4.74. The minimum Gasteiger partial charge on any atom is -0.265 e. The Morgan fingerprint density at radius 2 is 1.63 bits per heavy atom. The van der Waals surface area contributed by atoms with E-state index in [1.165, 1.54) is 0 Å². The molecule has 6 heteroatoms. The van der Waals surface area contributed by atoms with Crippen LogP contribution in [0, 0.1) is 6.92 Å². The number of anilines is 1. The molecular formula is C24H28N2O2SSi. The lowest BCUT2D eigenvalue weighted by molar-refractivity contribution is 0.586. The van der Waals surface area contributed by atoms with Gasteiger partial charge in [0.1, 0.15) is 8.07 Å². The van der Waals surface area contributed by atoms with Gasteiger partial charge in [0.05, 0.1) is 16.3 Å². The smallest absolute Gasteiger partial charge is 0.264 e. The van der Waals surface area contributed by atoms with Gasteiger partial charge in [0.25, 0.3) is 10.0 Å². The number of rotatable bonds is 4. The van der Waals surface area contributed by atoms with Crippen LogP contribution in [-0.4, -0.2) is 28.0 Å². The molecule has 2 heterocycles. The third kappa shape index (κ3) is 3.82. The maximum absolute atomic E-state index is 13.6. The lowest BCUT2D eigenvalue weighted by atomic mass is 10.0. The third-order valence-electron chi connectivity index (χ3n) is 5.52. The lowest BCUT2D eigenvalue weighted by Gasteiger charge is -2.35. The number of nitrogens with zero attached hydrogens (tertiary/aromatic N) is 2. The molecule has 0 saturated carbocycles. The number of hydrogen-bond acceptors (Lipinski definition) is 3. The van der Waals surface area contributed by atoms with Crippen molar-refractivity contribution in [3.8, 4) is 11.3 Å². The zero-order valence-electron chi connectivity index (χ0n) is 18.0. The van der Waals surface area contributed by atoms with Gasteiger partial charge in [-0.05, 0) is 43.5 Å². The first-order chi connectivity index (χ1) is 14.2. The van der Waals surface area contributed by atoms with E-state index in [1.54, 1.807) is 16.4 Å². The van der Waals surface area contributed by atoms with Crippen LogP contribution < -0.4 is 9.62 Å². The Hall–Kier alpha value is -2.44. The maximum Gasteiger partial charge on any atom is 0.264 e. The van der Waals surface area contributed by atoms with Gasteiger partial charge in [-0.2, -0.15) is 0 Å². The fourth-order valence-electron chi connectivity index (χ4n) is 3.94. The van der Waals surface area contributed by atoms with E-state index in [9.17, 15) is 8.42 Å². The highest BCUT2D eigenvalue weighted by Crippen LogP contribution is 2.34. The SMILES string of the molecule is Cc1ccc(S(=O)(=O)N2CCCc3cc(-c4ccccc4)nc([Si](C)(C)C)c32)cc1. The van der Waals surface area contributed by atoms with E-state index in [2.05, 4.69) is 37.8 Å². The van der Waals surface area contributed by atoms with E-state index < -0.39 is 18.1 Å². The molecule has 1 aromatic heterocycles. The Labute approximate surface area is 180 Å². The molecule has 4 nitrogen and oxygen atoms in total. The zero-order valence-corrected chi connectivity index (χ0v) is 19.8. The van der Waals surface area contributed by atoms with Crippen molar-refractivity contribution in [2.75, 3.05) is 10.8 Å². The van der Waals surface area contributed by atoms with Crippen molar-refractivity contribution in [2.45, 2.75) is 44.3 Å². The van der Waals surface area contributed by atoms with Crippen molar-refractivity contribution < 1.29 is 8.42 Å². The summed E-state index contributed by atoms with van der Waals surface area (Å²) in [6.07, 6.45) is 1.68. The molecule has 0 N–H and O–H groups in total. The van der Waals surface area contributed by atoms with Crippen molar-refractivity contribution in [2.24, 2.45) is 0 Å². The molecule has 156 valence electrons. The summed E-state index contributed by atoms with van der Waals surface area (Å²) in [5.74, 6) is 0. The topological polar surface area (TPSA) is 50.3 Å². The van der Waals surface area contributed by atoms with E-state index in [4.69, 9.17) is 4.98 Å². The average molecular weight is 437 g/mol. The van der Waals surface area contributed by atoms with E-state index in [0.29, 0.717) is 11.4 Å². The summed E-state index contributed by atoms with van der Waals surface area (Å²) in [6, 6.07) is 19.4. The number of benzene rings is 2. The Kier molecular flexibility index (Phi) is 5.32. The minimum atomic E-state index is -3.64. The molecule has 0 aliphatic carbocycles. The van der Waals surface area contributed by atoms with Crippen molar-refractivity contribution in [1.29, 1.82) is 0 Å². The number of pyridine rings is 1. The molecular weight excluding hydrogens is 408 g/mol. The van der Waals surface area contributed by atoms with Gasteiger partial charge < -0.3 is 0 Å². The molecule has 1 aliphatic rings. The van der Waals surface area contributed by atoms with Gasteiger partial charge in [0.2, 0.25) is 0 Å². The second-order valence-corrected chi connectivity index (χ2v) is 15.8. The lowest BCUT2D eigenvalue weighted by Crippen LogP contribution is -2.48. The molecule has 4 rings (SSSR count). The van der Waals surface area contributed by atoms with E-state index in [0.717, 1.165) is 46.2 Å². The number of sulfonamides is 1. The van der Waals surface area contributed by atoms with Gasteiger partial charge in [-0.15, -0.1) is 0 Å². The summed E-state index contributed by atoms with van der Waals surface area (Å²) in [5, 5.41) is 0.967. The summed E-state index contributed by atoms with van der Waals surface area (Å²) < 4.78 is 28.8. The Morgan fingerprint density at radius 1 is 0.967 bits per heavy atom. The molecule has 0 atom stereocenters. The quantitative estimate of drug-likeness (QED) is 0.555. The van der Waals surface area contributed by atoms with Crippen LogP contribution >= 0.6 is 0 Å². The molecule has 0 spiro atoms. The van der Waals surface area contributed by atoms with Crippen LogP contribution in [0.4, 0.5) is 5.69 Å². The van der Waals surface area contributed by atoms with Gasteiger partial charge in [0, 0.05) is 17.4 Å². The fraction of sp³-hybridized carbons (Fsp3) is 0.292. The number of aryl methyl sites for hydroxylation is 2. The monoisotopic (exact) mass is 436 g/mol. The van der Waals surface area contributed by atoms with Gasteiger partial charge in [0.15, 0.2) is 0 Å². The second kappa shape index (κ2) is 7.67. The summed E-state index contributed by atoms with van der Waals surface area (Å²) >= 11 is 0. The van der Waals surface area contributed by atoms with E-state index >= 15 is 0 Å². The maximum atomic E-state index is 13.6. The van der Waals surface area contributed by atoms with Crippen LogP contribution in [0.2, 0.25) is 19.6 Å². The number of aromatic nitrogens is 1. The first kappa shape index (κ1) is 20.8. The zero-order chi connectivity index (χ0) is 21.5.